The van der Waals surface area contributed by atoms with Crippen LogP contribution in [0, 0.1) is 10.1 Å². The number of carboxylic acids is 1. The van der Waals surface area contributed by atoms with Crippen molar-refractivity contribution in [3.8, 4) is 0 Å². The van der Waals surface area contributed by atoms with Crippen molar-refractivity contribution in [2.75, 3.05) is 0 Å². The lowest BCUT2D eigenvalue weighted by Gasteiger charge is -2.03. The van der Waals surface area contributed by atoms with E-state index in [-0.39, 0.29) is 11.3 Å². The van der Waals surface area contributed by atoms with Crippen LogP contribution in [0.2, 0.25) is 0 Å². The Morgan fingerprint density at radius 3 is 2.20 bits per heavy atom. The highest BCUT2D eigenvalue weighted by Crippen LogP contribution is 2.09. The van der Waals surface area contributed by atoms with E-state index in [2.05, 4.69) is 19.1 Å². The Labute approximate surface area is 152 Å². The van der Waals surface area contributed by atoms with Crippen LogP contribution in [0.15, 0.2) is 24.3 Å². The van der Waals surface area contributed by atoms with Gasteiger partial charge in [0.05, 0.1) is 0 Å². The van der Waals surface area contributed by atoms with Gasteiger partial charge in [-0.05, 0) is 44.6 Å². The van der Waals surface area contributed by atoms with E-state index < -0.39 is 12.0 Å². The summed E-state index contributed by atoms with van der Waals surface area (Å²) >= 11 is 0. The minimum absolute atomic E-state index is 0.210. The zero-order chi connectivity index (χ0) is 18.8. The summed E-state index contributed by atoms with van der Waals surface area (Å²) in [5.74, 6) is -0.747. The lowest BCUT2D eigenvalue weighted by molar-refractivity contribution is -0.510. The van der Waals surface area contributed by atoms with Gasteiger partial charge in [0, 0.05) is 17.8 Å². The topological polar surface area (TPSA) is 80.4 Å². The third kappa shape index (κ3) is 17.0. The summed E-state index contributed by atoms with van der Waals surface area (Å²) in [5, 5.41) is 19.6. The molecule has 0 aliphatic rings. The first kappa shape index (κ1) is 23.4. The zero-order valence-corrected chi connectivity index (χ0v) is 15.7. The van der Waals surface area contributed by atoms with Gasteiger partial charge in [-0.25, -0.2) is 0 Å². The summed E-state index contributed by atoms with van der Waals surface area (Å²) in [7, 11) is 0. The summed E-state index contributed by atoms with van der Waals surface area (Å²) in [5.41, 5.74) is 0. The number of carbonyl (C=O) groups is 1. The van der Waals surface area contributed by atoms with E-state index in [9.17, 15) is 14.9 Å². The molecular formula is C20H35NO4. The van der Waals surface area contributed by atoms with Gasteiger partial charge < -0.3 is 5.11 Å². The van der Waals surface area contributed by atoms with Crippen LogP contribution < -0.4 is 0 Å². The summed E-state index contributed by atoms with van der Waals surface area (Å²) in [6, 6.07) is -0.600. The molecule has 0 amide bonds. The summed E-state index contributed by atoms with van der Waals surface area (Å²) in [6.45, 7) is 2.20. The molecule has 1 atom stereocenters. The van der Waals surface area contributed by atoms with E-state index in [4.69, 9.17) is 5.11 Å². The number of nitrogens with zero attached hydrogens (tertiary/aromatic N) is 1. The lowest BCUT2D eigenvalue weighted by Crippen LogP contribution is -2.15. The van der Waals surface area contributed by atoms with E-state index in [0.29, 0.717) is 12.8 Å². The molecular weight excluding hydrogens is 318 g/mol. The van der Waals surface area contributed by atoms with Crippen LogP contribution in [0.25, 0.3) is 0 Å². The van der Waals surface area contributed by atoms with Gasteiger partial charge in [-0.1, -0.05) is 57.3 Å². The average molecular weight is 354 g/mol. The van der Waals surface area contributed by atoms with Crippen molar-refractivity contribution in [1.82, 2.24) is 0 Å². The molecule has 0 aromatic rings. The Balaban J connectivity index is 3.77. The SMILES string of the molecule is CCCCCCC=CCCC(/C=C/CCCCCCC(=O)O)[N+](=O)[O-]. The zero-order valence-electron chi connectivity index (χ0n) is 15.7. The minimum atomic E-state index is -0.747. The lowest BCUT2D eigenvalue weighted by atomic mass is 10.1. The third-order valence-electron chi connectivity index (χ3n) is 4.16. The molecule has 0 aliphatic heterocycles. The van der Waals surface area contributed by atoms with E-state index in [1.807, 2.05) is 6.08 Å². The van der Waals surface area contributed by atoms with Crippen LogP contribution in [-0.4, -0.2) is 22.0 Å². The molecule has 0 aromatic carbocycles. The predicted molar refractivity (Wildman–Crippen MR) is 102 cm³/mol. The molecule has 0 rings (SSSR count). The van der Waals surface area contributed by atoms with E-state index >= 15 is 0 Å². The highest BCUT2D eigenvalue weighted by Gasteiger charge is 2.14. The first-order valence-corrected chi connectivity index (χ1v) is 9.74. The average Bonchev–Trinajstić information content (AvgIpc) is 2.57. The number of hydrogen-bond donors (Lipinski definition) is 1. The standard InChI is InChI=1S/C20H35NO4/c1-2-3-4-5-6-7-10-13-16-19(21(24)25)17-14-11-8-9-12-15-18-20(22)23/h7,10,14,17,19H,2-6,8-9,11-13,15-16,18H2,1H3,(H,22,23)/b10-7?,17-14+. The predicted octanol–water partition coefficient (Wildman–Crippen LogP) is 5.92. The second kappa shape index (κ2) is 17.2. The van der Waals surface area contributed by atoms with Crippen LogP contribution >= 0.6 is 0 Å². The van der Waals surface area contributed by atoms with Gasteiger partial charge in [-0.15, -0.1) is 0 Å². The molecule has 0 fully saturated rings. The Morgan fingerprint density at radius 2 is 1.56 bits per heavy atom. The van der Waals surface area contributed by atoms with Crippen LogP contribution in [0.4, 0.5) is 0 Å². The Hall–Kier alpha value is -1.65. The maximum atomic E-state index is 11.1. The number of allylic oxidation sites excluding steroid dienone is 3. The van der Waals surface area contributed by atoms with Crippen molar-refractivity contribution in [3.63, 3.8) is 0 Å². The fourth-order valence-corrected chi connectivity index (χ4v) is 2.61. The summed E-state index contributed by atoms with van der Waals surface area (Å²) in [4.78, 5) is 21.3. The molecule has 0 aromatic heterocycles. The second-order valence-electron chi connectivity index (χ2n) is 6.53. The third-order valence-corrected chi connectivity index (χ3v) is 4.16. The molecule has 0 saturated heterocycles. The molecule has 5 heteroatoms. The smallest absolute Gasteiger partial charge is 0.303 e. The summed E-state index contributed by atoms with van der Waals surface area (Å²) in [6.07, 6.45) is 19.8. The largest absolute Gasteiger partial charge is 0.481 e. The fourth-order valence-electron chi connectivity index (χ4n) is 2.61. The maximum Gasteiger partial charge on any atom is 0.303 e. The fraction of sp³-hybridized carbons (Fsp3) is 0.750. The van der Waals surface area contributed by atoms with Gasteiger partial charge in [0.15, 0.2) is 0 Å². The number of carboxylic acid groups (broad SMARTS) is 1. The molecule has 5 nitrogen and oxygen atoms in total. The number of rotatable bonds is 17. The second-order valence-corrected chi connectivity index (χ2v) is 6.53. The van der Waals surface area contributed by atoms with Crippen molar-refractivity contribution in [3.05, 3.63) is 34.4 Å². The van der Waals surface area contributed by atoms with Crippen LogP contribution in [0.5, 0.6) is 0 Å². The maximum absolute atomic E-state index is 11.1. The van der Waals surface area contributed by atoms with Crippen LogP contribution in [0.3, 0.4) is 0 Å². The molecule has 144 valence electrons. The van der Waals surface area contributed by atoms with Crippen molar-refractivity contribution in [1.29, 1.82) is 0 Å². The van der Waals surface area contributed by atoms with Crippen LogP contribution in [-0.2, 0) is 4.79 Å². The van der Waals surface area contributed by atoms with Gasteiger partial charge in [-0.2, -0.15) is 0 Å². The normalized spacial score (nSPS) is 12.8. The molecule has 0 spiro atoms. The number of unbranched alkanes of at least 4 members (excludes halogenated alkanes) is 8. The molecule has 0 aliphatic carbocycles. The van der Waals surface area contributed by atoms with E-state index in [1.54, 1.807) is 6.08 Å². The highest BCUT2D eigenvalue weighted by molar-refractivity contribution is 5.66. The van der Waals surface area contributed by atoms with Gasteiger partial charge in [0.2, 0.25) is 6.04 Å². The van der Waals surface area contributed by atoms with Gasteiger partial charge in [0.25, 0.3) is 0 Å². The molecule has 1 N–H and O–H groups in total. The number of aliphatic carboxylic acids is 1. The Bertz CT molecular complexity index is 405. The Morgan fingerprint density at radius 1 is 0.960 bits per heavy atom. The van der Waals surface area contributed by atoms with Crippen LogP contribution in [0.1, 0.15) is 90.4 Å². The number of nitro groups is 1. The van der Waals surface area contributed by atoms with Crippen molar-refractivity contribution < 1.29 is 14.8 Å². The van der Waals surface area contributed by atoms with Gasteiger partial charge in [-0.3, -0.25) is 14.9 Å². The number of hydrogen-bond acceptors (Lipinski definition) is 3. The minimum Gasteiger partial charge on any atom is -0.481 e. The molecule has 0 heterocycles. The van der Waals surface area contributed by atoms with Gasteiger partial charge in [0.1, 0.15) is 0 Å². The van der Waals surface area contributed by atoms with Crippen molar-refractivity contribution in [2.45, 2.75) is 96.4 Å². The highest BCUT2D eigenvalue weighted by atomic mass is 16.6. The van der Waals surface area contributed by atoms with Gasteiger partial charge >= 0.3 is 5.97 Å². The Kier molecular flexibility index (Phi) is 16.0. The van der Waals surface area contributed by atoms with E-state index in [1.165, 1.54) is 25.7 Å². The quantitative estimate of drug-likeness (QED) is 0.152. The monoisotopic (exact) mass is 353 g/mol. The molecule has 0 saturated carbocycles. The first-order chi connectivity index (χ1) is 12.1. The molecule has 25 heavy (non-hydrogen) atoms. The first-order valence-electron chi connectivity index (χ1n) is 9.74. The van der Waals surface area contributed by atoms with Crippen molar-refractivity contribution >= 4 is 5.97 Å². The van der Waals surface area contributed by atoms with Crippen molar-refractivity contribution in [2.24, 2.45) is 0 Å². The summed E-state index contributed by atoms with van der Waals surface area (Å²) < 4.78 is 0. The molecule has 0 bridgehead atoms. The molecule has 1 unspecified atom stereocenters. The molecule has 0 radical (unpaired) electrons. The van der Waals surface area contributed by atoms with E-state index in [0.717, 1.165) is 38.5 Å².